The van der Waals surface area contributed by atoms with E-state index in [1.165, 1.54) is 0 Å². The minimum atomic E-state index is 0.711. The Bertz CT molecular complexity index is 546. The molecule has 1 aromatic heterocycles. The monoisotopic (exact) mass is 263 g/mol. The third-order valence-electron chi connectivity index (χ3n) is 3.08. The van der Waals surface area contributed by atoms with E-state index in [4.69, 9.17) is 17.3 Å². The van der Waals surface area contributed by atoms with Gasteiger partial charge < -0.3 is 10.3 Å². The van der Waals surface area contributed by atoms with Gasteiger partial charge in [-0.3, -0.25) is 0 Å². The normalized spacial score (nSPS) is 10.8. The molecule has 0 radical (unpaired) electrons. The van der Waals surface area contributed by atoms with Gasteiger partial charge in [-0.15, -0.1) is 0 Å². The summed E-state index contributed by atoms with van der Waals surface area (Å²) in [4.78, 5) is 4.39. The zero-order chi connectivity index (χ0) is 13.1. The van der Waals surface area contributed by atoms with E-state index in [1.807, 2.05) is 29.7 Å². The number of hydrogen-bond donors (Lipinski definition) is 1. The SMILES string of the molecule is CCCCn1cnc(-c2ccc(C)c(Cl)c2)c1N. The summed E-state index contributed by atoms with van der Waals surface area (Å²) in [6.45, 7) is 5.05. The van der Waals surface area contributed by atoms with Crippen LogP contribution in [0.5, 0.6) is 0 Å². The Morgan fingerprint density at radius 2 is 2.17 bits per heavy atom. The lowest BCUT2D eigenvalue weighted by molar-refractivity contribution is 0.637. The maximum atomic E-state index is 6.13. The fourth-order valence-electron chi connectivity index (χ4n) is 1.86. The van der Waals surface area contributed by atoms with E-state index < -0.39 is 0 Å². The molecule has 2 aromatic rings. The minimum Gasteiger partial charge on any atom is -0.383 e. The molecule has 3 nitrogen and oxygen atoms in total. The van der Waals surface area contributed by atoms with Crippen LogP contribution in [-0.4, -0.2) is 9.55 Å². The average molecular weight is 264 g/mol. The molecule has 0 amide bonds. The van der Waals surface area contributed by atoms with Crippen molar-refractivity contribution in [2.45, 2.75) is 33.2 Å². The number of halogens is 1. The molecule has 4 heteroatoms. The van der Waals surface area contributed by atoms with E-state index in [-0.39, 0.29) is 0 Å². The Hall–Kier alpha value is -1.48. The van der Waals surface area contributed by atoms with Gasteiger partial charge in [-0.1, -0.05) is 37.1 Å². The van der Waals surface area contributed by atoms with Gasteiger partial charge in [0.1, 0.15) is 11.5 Å². The minimum absolute atomic E-state index is 0.711. The second-order valence-corrected chi connectivity index (χ2v) is 4.90. The number of aryl methyl sites for hydroxylation is 2. The molecule has 0 saturated heterocycles. The molecule has 0 fully saturated rings. The van der Waals surface area contributed by atoms with Gasteiger partial charge in [0.05, 0.1) is 6.33 Å². The summed E-state index contributed by atoms with van der Waals surface area (Å²) < 4.78 is 1.99. The van der Waals surface area contributed by atoms with Gasteiger partial charge >= 0.3 is 0 Å². The highest BCUT2D eigenvalue weighted by atomic mass is 35.5. The highest BCUT2D eigenvalue weighted by Crippen LogP contribution is 2.28. The fourth-order valence-corrected chi connectivity index (χ4v) is 2.04. The number of rotatable bonds is 4. The van der Waals surface area contributed by atoms with Gasteiger partial charge in [-0.2, -0.15) is 0 Å². The maximum absolute atomic E-state index is 6.13. The summed E-state index contributed by atoms with van der Waals surface area (Å²) in [6, 6.07) is 5.91. The van der Waals surface area contributed by atoms with Crippen LogP contribution in [-0.2, 0) is 6.54 Å². The van der Waals surface area contributed by atoms with E-state index in [1.54, 1.807) is 6.33 Å². The first-order chi connectivity index (χ1) is 8.63. The standard InChI is InChI=1S/C14H18ClN3/c1-3-4-7-18-9-17-13(14(18)16)11-6-5-10(2)12(15)8-11/h5-6,8-9H,3-4,7,16H2,1-2H3. The smallest absolute Gasteiger partial charge is 0.131 e. The zero-order valence-corrected chi connectivity index (χ0v) is 11.5. The van der Waals surface area contributed by atoms with Gasteiger partial charge in [0.25, 0.3) is 0 Å². The van der Waals surface area contributed by atoms with Crippen LogP contribution in [0.3, 0.4) is 0 Å². The van der Waals surface area contributed by atoms with Crippen molar-refractivity contribution in [3.05, 3.63) is 35.1 Å². The fraction of sp³-hybridized carbons (Fsp3) is 0.357. The lowest BCUT2D eigenvalue weighted by Gasteiger charge is -2.05. The predicted molar refractivity (Wildman–Crippen MR) is 76.7 cm³/mol. The van der Waals surface area contributed by atoms with Crippen molar-refractivity contribution < 1.29 is 0 Å². The second kappa shape index (κ2) is 5.44. The molecule has 1 aromatic carbocycles. The van der Waals surface area contributed by atoms with Crippen LogP contribution in [0.15, 0.2) is 24.5 Å². The quantitative estimate of drug-likeness (QED) is 0.909. The number of nitrogens with two attached hydrogens (primary N) is 1. The van der Waals surface area contributed by atoms with Gasteiger partial charge in [0, 0.05) is 17.1 Å². The molecule has 96 valence electrons. The maximum Gasteiger partial charge on any atom is 0.131 e. The molecule has 0 aliphatic heterocycles. The van der Waals surface area contributed by atoms with Gasteiger partial charge in [-0.05, 0) is 25.0 Å². The number of unbranched alkanes of at least 4 members (excludes halogenated alkanes) is 1. The Morgan fingerprint density at radius 1 is 1.39 bits per heavy atom. The van der Waals surface area contributed by atoms with Crippen molar-refractivity contribution in [3.63, 3.8) is 0 Å². The number of hydrogen-bond acceptors (Lipinski definition) is 2. The number of benzene rings is 1. The molecular weight excluding hydrogens is 246 g/mol. The summed E-state index contributed by atoms with van der Waals surface area (Å²) in [5, 5.41) is 0.745. The van der Waals surface area contributed by atoms with Gasteiger partial charge in [-0.25, -0.2) is 4.98 Å². The summed E-state index contributed by atoms with van der Waals surface area (Å²) in [5.41, 5.74) is 8.96. The number of anilines is 1. The Labute approximate surface area is 113 Å². The second-order valence-electron chi connectivity index (χ2n) is 4.49. The van der Waals surface area contributed by atoms with E-state index >= 15 is 0 Å². The molecule has 2 rings (SSSR count). The summed E-state index contributed by atoms with van der Waals surface area (Å²) >= 11 is 6.13. The molecule has 0 aliphatic rings. The van der Waals surface area contributed by atoms with Crippen molar-refractivity contribution in [1.29, 1.82) is 0 Å². The molecule has 1 heterocycles. The van der Waals surface area contributed by atoms with E-state index in [9.17, 15) is 0 Å². The van der Waals surface area contributed by atoms with Gasteiger partial charge in [0.2, 0.25) is 0 Å². The molecule has 0 spiro atoms. The van der Waals surface area contributed by atoms with Crippen LogP contribution in [0.2, 0.25) is 5.02 Å². The number of nitrogens with zero attached hydrogens (tertiary/aromatic N) is 2. The average Bonchev–Trinajstić information content (AvgIpc) is 2.72. The number of nitrogen functional groups attached to an aromatic ring is 1. The molecule has 0 unspecified atom stereocenters. The highest BCUT2D eigenvalue weighted by molar-refractivity contribution is 6.31. The summed E-state index contributed by atoms with van der Waals surface area (Å²) in [7, 11) is 0. The van der Waals surface area contributed by atoms with Crippen LogP contribution in [0, 0.1) is 6.92 Å². The van der Waals surface area contributed by atoms with Crippen LogP contribution < -0.4 is 5.73 Å². The Balaban J connectivity index is 2.33. The van der Waals surface area contributed by atoms with E-state index in [0.29, 0.717) is 5.82 Å². The number of aromatic nitrogens is 2. The zero-order valence-electron chi connectivity index (χ0n) is 10.8. The molecule has 0 saturated carbocycles. The van der Waals surface area contributed by atoms with Gasteiger partial charge in [0.15, 0.2) is 0 Å². The first-order valence-electron chi connectivity index (χ1n) is 6.20. The molecular formula is C14H18ClN3. The topological polar surface area (TPSA) is 43.8 Å². The predicted octanol–water partition coefficient (Wildman–Crippen LogP) is 3.89. The van der Waals surface area contributed by atoms with Crippen molar-refractivity contribution in [1.82, 2.24) is 9.55 Å². The third-order valence-corrected chi connectivity index (χ3v) is 3.48. The van der Waals surface area contributed by atoms with Crippen LogP contribution in [0.4, 0.5) is 5.82 Å². The van der Waals surface area contributed by atoms with Crippen molar-refractivity contribution in [3.8, 4) is 11.3 Å². The molecule has 0 bridgehead atoms. The lowest BCUT2D eigenvalue weighted by Crippen LogP contribution is -2.02. The van der Waals surface area contributed by atoms with E-state index in [0.717, 1.165) is 41.2 Å². The molecule has 2 N–H and O–H groups in total. The Kier molecular flexibility index (Phi) is 3.92. The van der Waals surface area contributed by atoms with E-state index in [2.05, 4.69) is 11.9 Å². The first-order valence-corrected chi connectivity index (χ1v) is 6.58. The Morgan fingerprint density at radius 3 is 2.83 bits per heavy atom. The lowest BCUT2D eigenvalue weighted by atomic mass is 10.1. The molecule has 0 atom stereocenters. The van der Waals surface area contributed by atoms with Crippen LogP contribution in [0.25, 0.3) is 11.3 Å². The largest absolute Gasteiger partial charge is 0.383 e. The van der Waals surface area contributed by atoms with Crippen LogP contribution >= 0.6 is 11.6 Å². The molecule has 0 aliphatic carbocycles. The first kappa shape index (κ1) is 13.0. The van der Waals surface area contributed by atoms with Crippen molar-refractivity contribution >= 4 is 17.4 Å². The van der Waals surface area contributed by atoms with Crippen molar-refractivity contribution in [2.24, 2.45) is 0 Å². The third kappa shape index (κ3) is 2.51. The van der Waals surface area contributed by atoms with Crippen molar-refractivity contribution in [2.75, 3.05) is 5.73 Å². The highest BCUT2D eigenvalue weighted by Gasteiger charge is 2.10. The summed E-state index contributed by atoms with van der Waals surface area (Å²) in [6.07, 6.45) is 4.05. The summed E-state index contributed by atoms with van der Waals surface area (Å²) in [5.74, 6) is 0.711. The number of imidazole rings is 1. The van der Waals surface area contributed by atoms with Crippen LogP contribution in [0.1, 0.15) is 25.3 Å². The molecule has 18 heavy (non-hydrogen) atoms.